The van der Waals surface area contributed by atoms with Crippen LogP contribution in [0.15, 0.2) is 6.33 Å². The summed E-state index contributed by atoms with van der Waals surface area (Å²) in [6.45, 7) is 8.34. The van der Waals surface area contributed by atoms with Crippen molar-refractivity contribution in [1.29, 1.82) is 0 Å². The molecular weight excluding hydrogens is 126 g/mol. The molecule has 56 valence electrons. The molecule has 0 aliphatic rings. The van der Waals surface area contributed by atoms with E-state index < -0.39 is 0 Å². The van der Waals surface area contributed by atoms with Crippen molar-refractivity contribution in [2.45, 2.75) is 33.2 Å². The molecule has 3 heteroatoms. The molecule has 10 heavy (non-hydrogen) atoms. The van der Waals surface area contributed by atoms with Crippen LogP contribution in [0.3, 0.4) is 0 Å². The average molecular weight is 139 g/mol. The van der Waals surface area contributed by atoms with E-state index in [-0.39, 0.29) is 5.54 Å². The summed E-state index contributed by atoms with van der Waals surface area (Å²) >= 11 is 0. The Bertz CT molecular complexity index is 219. The maximum Gasteiger partial charge on any atom is 0.130 e. The first-order valence-electron chi connectivity index (χ1n) is 3.39. The first-order chi connectivity index (χ1) is 4.52. The zero-order chi connectivity index (χ0) is 7.78. The first kappa shape index (κ1) is 7.25. The van der Waals surface area contributed by atoms with Crippen LogP contribution in [0.25, 0.3) is 0 Å². The second-order valence-corrected chi connectivity index (χ2v) is 3.42. The number of aromatic nitrogens is 3. The zero-order valence-corrected chi connectivity index (χ0v) is 6.92. The van der Waals surface area contributed by atoms with Gasteiger partial charge in [0.2, 0.25) is 0 Å². The molecule has 1 rings (SSSR count). The highest BCUT2D eigenvalue weighted by Gasteiger charge is 2.14. The molecule has 3 nitrogen and oxygen atoms in total. The molecule has 1 aromatic rings. The molecule has 0 N–H and O–H groups in total. The van der Waals surface area contributed by atoms with Gasteiger partial charge >= 0.3 is 0 Å². The lowest BCUT2D eigenvalue weighted by molar-refractivity contribution is 0.387. The SMILES string of the molecule is Cc1nncn1C(C)(C)C. The summed E-state index contributed by atoms with van der Waals surface area (Å²) in [5.41, 5.74) is 0.105. The third-order valence-electron chi connectivity index (χ3n) is 1.44. The lowest BCUT2D eigenvalue weighted by Gasteiger charge is -2.20. The van der Waals surface area contributed by atoms with Crippen molar-refractivity contribution in [2.24, 2.45) is 0 Å². The second kappa shape index (κ2) is 2.08. The summed E-state index contributed by atoms with van der Waals surface area (Å²) in [5, 5.41) is 7.70. The normalized spacial score (nSPS) is 12.0. The maximum absolute atomic E-state index is 3.90. The molecule has 0 unspecified atom stereocenters. The summed E-state index contributed by atoms with van der Waals surface area (Å²) in [7, 11) is 0. The molecule has 1 heterocycles. The van der Waals surface area contributed by atoms with E-state index in [0.29, 0.717) is 0 Å². The number of hydrogen-bond donors (Lipinski definition) is 0. The number of nitrogens with zero attached hydrogens (tertiary/aromatic N) is 3. The minimum absolute atomic E-state index is 0.105. The molecule has 0 atom stereocenters. The molecule has 0 fully saturated rings. The highest BCUT2D eigenvalue weighted by atomic mass is 15.3. The van der Waals surface area contributed by atoms with Gasteiger partial charge in [-0.25, -0.2) is 0 Å². The quantitative estimate of drug-likeness (QED) is 0.543. The Labute approximate surface area is 61.1 Å². The second-order valence-electron chi connectivity index (χ2n) is 3.42. The Balaban J connectivity index is 3.05. The third kappa shape index (κ3) is 1.17. The fourth-order valence-corrected chi connectivity index (χ4v) is 0.951. The Hall–Kier alpha value is -0.860. The van der Waals surface area contributed by atoms with E-state index in [2.05, 4.69) is 31.0 Å². The van der Waals surface area contributed by atoms with Gasteiger partial charge in [-0.3, -0.25) is 0 Å². The molecule has 0 aliphatic heterocycles. The van der Waals surface area contributed by atoms with E-state index in [9.17, 15) is 0 Å². The number of aryl methyl sites for hydroxylation is 1. The smallest absolute Gasteiger partial charge is 0.130 e. The predicted octanol–water partition coefficient (Wildman–Crippen LogP) is 1.34. The van der Waals surface area contributed by atoms with Gasteiger partial charge in [0, 0.05) is 5.54 Å². The molecule has 0 aromatic carbocycles. The van der Waals surface area contributed by atoms with Crippen LogP contribution < -0.4 is 0 Å². The predicted molar refractivity (Wildman–Crippen MR) is 39.8 cm³/mol. The van der Waals surface area contributed by atoms with E-state index in [4.69, 9.17) is 0 Å². The fraction of sp³-hybridized carbons (Fsp3) is 0.714. The minimum Gasteiger partial charge on any atom is -0.312 e. The van der Waals surface area contributed by atoms with Crippen LogP contribution in [0.5, 0.6) is 0 Å². The molecular formula is C7H13N3. The topological polar surface area (TPSA) is 30.7 Å². The molecule has 0 aliphatic carbocycles. The lowest BCUT2D eigenvalue weighted by atomic mass is 10.1. The van der Waals surface area contributed by atoms with E-state index in [1.807, 2.05) is 11.5 Å². The van der Waals surface area contributed by atoms with Gasteiger partial charge in [0.05, 0.1) is 0 Å². The third-order valence-corrected chi connectivity index (χ3v) is 1.44. The summed E-state index contributed by atoms with van der Waals surface area (Å²) in [5.74, 6) is 0.965. The van der Waals surface area contributed by atoms with Crippen LogP contribution in [0.2, 0.25) is 0 Å². The van der Waals surface area contributed by atoms with Gasteiger partial charge in [-0.15, -0.1) is 10.2 Å². The molecule has 0 bridgehead atoms. The Morgan fingerprint density at radius 1 is 1.40 bits per heavy atom. The van der Waals surface area contributed by atoms with Crippen molar-refractivity contribution < 1.29 is 0 Å². The molecule has 0 spiro atoms. The average Bonchev–Trinajstić information content (AvgIpc) is 2.11. The highest BCUT2D eigenvalue weighted by molar-refractivity contribution is 4.87. The van der Waals surface area contributed by atoms with Crippen LogP contribution in [-0.4, -0.2) is 14.8 Å². The number of rotatable bonds is 0. The first-order valence-corrected chi connectivity index (χ1v) is 3.39. The summed E-state index contributed by atoms with van der Waals surface area (Å²) in [4.78, 5) is 0. The van der Waals surface area contributed by atoms with Gasteiger partial charge in [-0.2, -0.15) is 0 Å². The van der Waals surface area contributed by atoms with Crippen LogP contribution in [0.1, 0.15) is 26.6 Å². The Morgan fingerprint density at radius 3 is 2.20 bits per heavy atom. The Morgan fingerprint density at radius 2 is 2.00 bits per heavy atom. The summed E-state index contributed by atoms with van der Waals surface area (Å²) in [6.07, 6.45) is 1.76. The van der Waals surface area contributed by atoms with Crippen molar-refractivity contribution in [2.75, 3.05) is 0 Å². The van der Waals surface area contributed by atoms with Crippen molar-refractivity contribution >= 4 is 0 Å². The largest absolute Gasteiger partial charge is 0.312 e. The van der Waals surface area contributed by atoms with E-state index in [1.54, 1.807) is 6.33 Å². The van der Waals surface area contributed by atoms with Gasteiger partial charge in [-0.1, -0.05) is 0 Å². The molecule has 0 radical (unpaired) electrons. The lowest BCUT2D eigenvalue weighted by Crippen LogP contribution is -2.21. The van der Waals surface area contributed by atoms with Crippen molar-refractivity contribution in [3.8, 4) is 0 Å². The van der Waals surface area contributed by atoms with Crippen molar-refractivity contribution in [3.63, 3.8) is 0 Å². The van der Waals surface area contributed by atoms with Gasteiger partial charge in [-0.05, 0) is 27.7 Å². The molecule has 1 aromatic heterocycles. The highest BCUT2D eigenvalue weighted by Crippen LogP contribution is 2.13. The van der Waals surface area contributed by atoms with Crippen LogP contribution in [-0.2, 0) is 5.54 Å². The van der Waals surface area contributed by atoms with Gasteiger partial charge < -0.3 is 4.57 Å². The van der Waals surface area contributed by atoms with Gasteiger partial charge in [0.15, 0.2) is 0 Å². The maximum atomic E-state index is 3.90. The molecule has 0 amide bonds. The zero-order valence-electron chi connectivity index (χ0n) is 6.92. The molecule has 0 saturated carbocycles. The standard InChI is InChI=1S/C7H13N3/c1-6-9-8-5-10(6)7(2,3)4/h5H,1-4H3. The van der Waals surface area contributed by atoms with Crippen molar-refractivity contribution in [3.05, 3.63) is 12.2 Å². The van der Waals surface area contributed by atoms with Crippen LogP contribution in [0.4, 0.5) is 0 Å². The Kier molecular flexibility index (Phi) is 1.50. The summed E-state index contributed by atoms with van der Waals surface area (Å²) in [6, 6.07) is 0. The van der Waals surface area contributed by atoms with Gasteiger partial charge in [0.25, 0.3) is 0 Å². The summed E-state index contributed by atoms with van der Waals surface area (Å²) < 4.78 is 2.05. The minimum atomic E-state index is 0.105. The van der Waals surface area contributed by atoms with E-state index in [0.717, 1.165) is 5.82 Å². The van der Waals surface area contributed by atoms with Crippen LogP contribution >= 0.6 is 0 Å². The van der Waals surface area contributed by atoms with Crippen LogP contribution in [0, 0.1) is 6.92 Å². The number of hydrogen-bond acceptors (Lipinski definition) is 2. The van der Waals surface area contributed by atoms with Gasteiger partial charge in [0.1, 0.15) is 12.2 Å². The van der Waals surface area contributed by atoms with Crippen molar-refractivity contribution in [1.82, 2.24) is 14.8 Å². The van der Waals surface area contributed by atoms with E-state index >= 15 is 0 Å². The van der Waals surface area contributed by atoms with E-state index in [1.165, 1.54) is 0 Å². The monoisotopic (exact) mass is 139 g/mol. The molecule has 0 saturated heterocycles. The fourth-order valence-electron chi connectivity index (χ4n) is 0.951.